The molecule has 8 heteroatoms. The van der Waals surface area contributed by atoms with E-state index in [-0.39, 0.29) is 23.4 Å². The largest absolute Gasteiger partial charge is 0.492 e. The van der Waals surface area contributed by atoms with Crippen LogP contribution in [0.3, 0.4) is 0 Å². The fraction of sp³-hybridized carbons (Fsp3) is 0.462. The van der Waals surface area contributed by atoms with Crippen molar-refractivity contribution in [2.45, 2.75) is 99.1 Å². The molecule has 0 saturated carbocycles. The molecule has 0 fully saturated rings. The van der Waals surface area contributed by atoms with Gasteiger partial charge in [-0.25, -0.2) is 9.78 Å². The van der Waals surface area contributed by atoms with Gasteiger partial charge < -0.3 is 15.0 Å². The summed E-state index contributed by atoms with van der Waals surface area (Å²) in [5, 5.41) is 4.01. The van der Waals surface area contributed by atoms with E-state index in [9.17, 15) is 9.59 Å². The highest BCUT2D eigenvalue weighted by atomic mass is 16.5. The van der Waals surface area contributed by atoms with Crippen molar-refractivity contribution >= 4 is 28.4 Å². The molecule has 0 atom stereocenters. The van der Waals surface area contributed by atoms with E-state index in [1.807, 2.05) is 42.5 Å². The zero-order valence-electron chi connectivity index (χ0n) is 29.7. The molecule has 0 aliphatic heterocycles. The van der Waals surface area contributed by atoms with Crippen molar-refractivity contribution in [1.29, 1.82) is 0 Å². The molecule has 0 aliphatic carbocycles. The van der Waals surface area contributed by atoms with E-state index in [0.717, 1.165) is 47.2 Å². The number of aromatic nitrogens is 2. The van der Waals surface area contributed by atoms with Crippen LogP contribution in [-0.4, -0.2) is 52.7 Å². The molecular weight excluding hydrogens is 586 g/mol. The highest BCUT2D eigenvalue weighted by Crippen LogP contribution is 2.37. The molecule has 8 nitrogen and oxygen atoms in total. The summed E-state index contributed by atoms with van der Waals surface area (Å²) in [4.78, 5) is 39.9. The number of carbonyl (C=O) groups excluding carboxylic acids is 1. The average Bonchev–Trinajstić information content (AvgIpc) is 3.02. The van der Waals surface area contributed by atoms with Gasteiger partial charge in [0.1, 0.15) is 23.7 Å². The molecule has 2 heterocycles. The van der Waals surface area contributed by atoms with Gasteiger partial charge in [-0.3, -0.25) is 14.6 Å². The lowest BCUT2D eigenvalue weighted by Crippen LogP contribution is -2.40. The topological polar surface area (TPSA) is 90.6 Å². The van der Waals surface area contributed by atoms with Crippen molar-refractivity contribution in [3.63, 3.8) is 0 Å². The molecule has 4 aromatic rings. The number of H-pyrrole nitrogens is 1. The number of benzene rings is 2. The predicted octanol–water partition coefficient (Wildman–Crippen LogP) is 9.17. The minimum Gasteiger partial charge on any atom is -0.492 e. The van der Waals surface area contributed by atoms with Crippen LogP contribution in [0.5, 0.6) is 5.75 Å². The summed E-state index contributed by atoms with van der Waals surface area (Å²) in [6.07, 6.45) is 3.25. The highest BCUT2D eigenvalue weighted by molar-refractivity contribution is 6.09. The number of unbranched alkanes of at least 4 members (excludes halogenated alkanes) is 1. The van der Waals surface area contributed by atoms with Gasteiger partial charge in [0.15, 0.2) is 0 Å². The number of aromatic amines is 1. The minimum atomic E-state index is -0.366. The van der Waals surface area contributed by atoms with Gasteiger partial charge in [0.25, 0.3) is 5.56 Å². The lowest BCUT2D eigenvalue weighted by atomic mass is 9.92. The maximum atomic E-state index is 14.4. The van der Waals surface area contributed by atoms with Gasteiger partial charge in [-0.05, 0) is 86.9 Å². The Morgan fingerprint density at radius 2 is 1.55 bits per heavy atom. The maximum Gasteiger partial charge on any atom is 0.326 e. The van der Waals surface area contributed by atoms with Gasteiger partial charge >= 0.3 is 6.03 Å². The third-order valence-corrected chi connectivity index (χ3v) is 8.68. The van der Waals surface area contributed by atoms with Crippen LogP contribution in [-0.2, 0) is 0 Å². The van der Waals surface area contributed by atoms with Crippen LogP contribution in [0.15, 0.2) is 65.6 Å². The van der Waals surface area contributed by atoms with Gasteiger partial charge in [-0.1, -0.05) is 71.4 Å². The molecule has 0 aliphatic rings. The van der Waals surface area contributed by atoms with E-state index >= 15 is 0 Å². The van der Waals surface area contributed by atoms with Crippen molar-refractivity contribution in [2.24, 2.45) is 0 Å². The monoisotopic (exact) mass is 639 g/mol. The van der Waals surface area contributed by atoms with E-state index in [1.54, 1.807) is 11.1 Å². The third-order valence-electron chi connectivity index (χ3n) is 8.68. The first kappa shape index (κ1) is 35.7. The Kier molecular flexibility index (Phi) is 12.2. The predicted molar refractivity (Wildman–Crippen MR) is 196 cm³/mol. The Hall–Kier alpha value is -4.17. The quantitative estimate of drug-likeness (QED) is 0.144. The van der Waals surface area contributed by atoms with Crippen molar-refractivity contribution < 1.29 is 9.53 Å². The van der Waals surface area contributed by atoms with Crippen LogP contribution in [0, 0.1) is 0 Å². The van der Waals surface area contributed by atoms with E-state index in [0.29, 0.717) is 47.9 Å². The number of nitrogens with zero attached hydrogens (tertiary/aromatic N) is 3. The SMILES string of the molecule is CCCCN(C(=O)Nc1c(C(C)C)cccc1C(C)C)c1c(-c2cccc(OCCN(C(C)C)C(C)C)c2)c2cccnc2[nH]c1=O. The number of amides is 2. The Labute approximate surface area is 280 Å². The highest BCUT2D eigenvalue weighted by Gasteiger charge is 2.27. The first-order valence-electron chi connectivity index (χ1n) is 17.2. The number of para-hydroxylation sites is 1. The normalized spacial score (nSPS) is 11.8. The summed E-state index contributed by atoms with van der Waals surface area (Å²) < 4.78 is 6.27. The number of anilines is 2. The van der Waals surface area contributed by atoms with Gasteiger partial charge in [0.05, 0.1) is 0 Å². The maximum absolute atomic E-state index is 14.4. The van der Waals surface area contributed by atoms with Crippen LogP contribution in [0.1, 0.15) is 98.1 Å². The van der Waals surface area contributed by atoms with Gasteiger partial charge in [0.2, 0.25) is 0 Å². The van der Waals surface area contributed by atoms with Gasteiger partial charge in [0, 0.05) is 48.0 Å². The number of urea groups is 1. The summed E-state index contributed by atoms with van der Waals surface area (Å²) in [6, 6.07) is 18.2. The second-order valence-corrected chi connectivity index (χ2v) is 13.4. The molecule has 0 unspecified atom stereocenters. The molecule has 0 bridgehead atoms. The molecule has 0 spiro atoms. The van der Waals surface area contributed by atoms with E-state index in [2.05, 4.69) is 94.6 Å². The molecule has 252 valence electrons. The molecular formula is C39H53N5O3. The summed E-state index contributed by atoms with van der Waals surface area (Å²) >= 11 is 0. The number of carbonyl (C=O) groups is 1. The first-order chi connectivity index (χ1) is 22.4. The standard InChI is InChI=1S/C39H53N5O3/c1-10-11-21-44(39(46)41-35-31(25(2)3)17-13-18-32(35)26(4)5)36-34(33-19-14-20-40-37(33)42-38(36)45)29-15-12-16-30(24-29)47-23-22-43(27(6)7)28(8)9/h12-20,24-28H,10-11,21-23H2,1-9H3,(H,41,46)(H,40,42,45). The fourth-order valence-electron chi connectivity index (χ4n) is 6.29. The second-order valence-electron chi connectivity index (χ2n) is 13.4. The van der Waals surface area contributed by atoms with Crippen LogP contribution in [0.2, 0.25) is 0 Å². The van der Waals surface area contributed by atoms with Gasteiger partial charge in [-0.15, -0.1) is 0 Å². The van der Waals surface area contributed by atoms with Gasteiger partial charge in [-0.2, -0.15) is 0 Å². The molecule has 4 rings (SSSR count). The number of pyridine rings is 2. The number of hydrogen-bond donors (Lipinski definition) is 2. The lowest BCUT2D eigenvalue weighted by molar-refractivity contribution is 0.142. The Balaban J connectivity index is 1.83. The molecule has 47 heavy (non-hydrogen) atoms. The third kappa shape index (κ3) is 8.41. The van der Waals surface area contributed by atoms with E-state index in [4.69, 9.17) is 4.74 Å². The number of ether oxygens (including phenoxy) is 1. The smallest absolute Gasteiger partial charge is 0.326 e. The van der Waals surface area contributed by atoms with E-state index < -0.39 is 0 Å². The molecule has 0 radical (unpaired) electrons. The summed E-state index contributed by atoms with van der Waals surface area (Å²) in [7, 11) is 0. The van der Waals surface area contributed by atoms with Crippen LogP contribution >= 0.6 is 0 Å². The zero-order chi connectivity index (χ0) is 34.2. The number of hydrogen-bond acceptors (Lipinski definition) is 5. The molecule has 2 N–H and O–H groups in total. The van der Waals surface area contributed by atoms with Crippen molar-refractivity contribution in [3.8, 4) is 16.9 Å². The van der Waals surface area contributed by atoms with Crippen LogP contribution < -0.4 is 20.5 Å². The minimum absolute atomic E-state index is 0.203. The summed E-state index contributed by atoms with van der Waals surface area (Å²) in [5.41, 5.74) is 4.78. The molecule has 2 aromatic heterocycles. The Bertz CT molecular complexity index is 1670. The first-order valence-corrected chi connectivity index (χ1v) is 17.2. The molecule has 2 amide bonds. The van der Waals surface area contributed by atoms with Crippen molar-refractivity contribution in [2.75, 3.05) is 29.9 Å². The Morgan fingerprint density at radius 3 is 2.17 bits per heavy atom. The van der Waals surface area contributed by atoms with Crippen LogP contribution in [0.25, 0.3) is 22.2 Å². The number of nitrogens with one attached hydrogen (secondary N) is 2. The lowest BCUT2D eigenvalue weighted by Gasteiger charge is -2.30. The average molecular weight is 640 g/mol. The Morgan fingerprint density at radius 1 is 0.894 bits per heavy atom. The second kappa shape index (κ2) is 16.1. The number of fused-ring (bicyclic) bond motifs is 1. The summed E-state index contributed by atoms with van der Waals surface area (Å²) in [6.45, 7) is 21.1. The number of rotatable bonds is 14. The summed E-state index contributed by atoms with van der Waals surface area (Å²) in [5.74, 6) is 1.11. The van der Waals surface area contributed by atoms with Crippen molar-refractivity contribution in [3.05, 3.63) is 82.3 Å². The van der Waals surface area contributed by atoms with Crippen LogP contribution in [0.4, 0.5) is 16.2 Å². The molecule has 0 saturated heterocycles. The van der Waals surface area contributed by atoms with E-state index in [1.165, 1.54) is 0 Å². The molecule has 2 aromatic carbocycles. The zero-order valence-corrected chi connectivity index (χ0v) is 29.7. The van der Waals surface area contributed by atoms with Crippen molar-refractivity contribution in [1.82, 2.24) is 14.9 Å². The fourth-order valence-corrected chi connectivity index (χ4v) is 6.29.